The third kappa shape index (κ3) is 3.44. The Kier molecular flexibility index (Phi) is 5.90. The van der Waals surface area contributed by atoms with Crippen molar-refractivity contribution in [3.8, 4) is 0 Å². The van der Waals surface area contributed by atoms with Gasteiger partial charge in [-0.25, -0.2) is 0 Å². The number of rotatable bonds is 7. The van der Waals surface area contributed by atoms with Crippen molar-refractivity contribution in [3.05, 3.63) is 0 Å². The lowest BCUT2D eigenvalue weighted by atomic mass is 9.72. The highest BCUT2D eigenvalue weighted by molar-refractivity contribution is 6.40. The average Bonchev–Trinajstić information content (AvgIpc) is 2.75. The van der Waals surface area contributed by atoms with E-state index in [1.165, 1.54) is 0 Å². The van der Waals surface area contributed by atoms with Crippen molar-refractivity contribution >= 4 is 19.0 Å². The number of carbonyl (C=O) groups is 2. The maximum atomic E-state index is 12.7. The number of carboxylic acid groups (broad SMARTS) is 1. The Morgan fingerprint density at radius 2 is 2.08 bits per heavy atom. The smallest absolute Gasteiger partial charge is 0.451 e. The Labute approximate surface area is 142 Å². The molecule has 0 aromatic heterocycles. The first-order valence-corrected chi connectivity index (χ1v) is 8.61. The summed E-state index contributed by atoms with van der Waals surface area (Å²) in [6.07, 6.45) is 1.54. The van der Waals surface area contributed by atoms with E-state index in [-0.39, 0.29) is 30.1 Å². The molecule has 136 valence electrons. The van der Waals surface area contributed by atoms with E-state index < -0.39 is 24.7 Å². The molecule has 6 N–H and O–H groups in total. The molecular weight excluding hydrogens is 313 g/mol. The largest absolute Gasteiger partial charge is 0.480 e. The van der Waals surface area contributed by atoms with Gasteiger partial charge in [0.2, 0.25) is 5.91 Å². The summed E-state index contributed by atoms with van der Waals surface area (Å²) in [5.74, 6) is -1.28. The van der Waals surface area contributed by atoms with Gasteiger partial charge in [-0.05, 0) is 25.1 Å². The topological polar surface area (TPSA) is 136 Å². The van der Waals surface area contributed by atoms with E-state index in [1.54, 1.807) is 4.90 Å². The molecule has 0 aliphatic carbocycles. The number of aliphatic carboxylic acids is 1. The predicted molar refractivity (Wildman–Crippen MR) is 89.0 cm³/mol. The van der Waals surface area contributed by atoms with Crippen molar-refractivity contribution in [2.75, 3.05) is 13.1 Å². The molecule has 0 aromatic rings. The van der Waals surface area contributed by atoms with Crippen LogP contribution in [-0.2, 0) is 9.59 Å². The van der Waals surface area contributed by atoms with Crippen molar-refractivity contribution in [1.82, 2.24) is 10.2 Å². The fourth-order valence-electron chi connectivity index (χ4n) is 4.00. The summed E-state index contributed by atoms with van der Waals surface area (Å²) >= 11 is 0. The number of hydrogen-bond donors (Lipinski definition) is 5. The number of fused-ring (bicyclic) bond motifs is 2. The van der Waals surface area contributed by atoms with E-state index in [1.807, 2.05) is 13.8 Å². The van der Waals surface area contributed by atoms with Crippen LogP contribution in [0.3, 0.4) is 0 Å². The van der Waals surface area contributed by atoms with E-state index in [9.17, 15) is 14.7 Å². The number of carboxylic acids is 1. The van der Waals surface area contributed by atoms with Gasteiger partial charge in [-0.1, -0.05) is 20.3 Å². The zero-order valence-electron chi connectivity index (χ0n) is 14.3. The second-order valence-electron chi connectivity index (χ2n) is 7.29. The van der Waals surface area contributed by atoms with Crippen molar-refractivity contribution in [3.63, 3.8) is 0 Å². The van der Waals surface area contributed by atoms with Crippen molar-refractivity contribution in [2.24, 2.45) is 17.6 Å². The highest BCUT2D eigenvalue weighted by atomic mass is 16.4. The molecule has 0 spiro atoms. The van der Waals surface area contributed by atoms with Crippen LogP contribution in [0.25, 0.3) is 0 Å². The van der Waals surface area contributed by atoms with Crippen LogP contribution in [0.1, 0.15) is 33.1 Å². The number of piperidine rings is 1. The van der Waals surface area contributed by atoms with Crippen molar-refractivity contribution in [1.29, 1.82) is 0 Å². The Bertz CT molecular complexity index is 490. The second kappa shape index (κ2) is 7.39. The molecule has 2 aliphatic heterocycles. The predicted octanol–water partition coefficient (Wildman–Crippen LogP) is -1.13. The Morgan fingerprint density at radius 1 is 1.42 bits per heavy atom. The molecule has 0 aromatic carbocycles. The van der Waals surface area contributed by atoms with Crippen molar-refractivity contribution < 1.29 is 24.7 Å². The minimum Gasteiger partial charge on any atom is -0.480 e. The minimum atomic E-state index is -1.40. The molecule has 2 aliphatic rings. The minimum absolute atomic E-state index is 0.0148. The zero-order chi connectivity index (χ0) is 18.1. The van der Waals surface area contributed by atoms with Crippen LogP contribution in [0.2, 0.25) is 6.32 Å². The van der Waals surface area contributed by atoms with E-state index >= 15 is 0 Å². The van der Waals surface area contributed by atoms with Gasteiger partial charge in [-0.15, -0.1) is 0 Å². The zero-order valence-corrected chi connectivity index (χ0v) is 14.3. The summed E-state index contributed by atoms with van der Waals surface area (Å²) in [6.45, 7) is 4.58. The molecule has 24 heavy (non-hydrogen) atoms. The molecule has 0 saturated carbocycles. The fraction of sp³-hybridized carbons (Fsp3) is 0.867. The molecular formula is C15H28BN3O5. The molecule has 4 atom stereocenters. The Hall–Kier alpha value is -1.16. The number of nitrogens with zero attached hydrogens (tertiary/aromatic N) is 1. The lowest BCUT2D eigenvalue weighted by molar-refractivity contribution is -0.152. The Balaban J connectivity index is 2.17. The van der Waals surface area contributed by atoms with Gasteiger partial charge in [-0.3, -0.25) is 14.9 Å². The van der Waals surface area contributed by atoms with E-state index in [2.05, 4.69) is 5.32 Å². The first-order chi connectivity index (χ1) is 11.2. The first-order valence-electron chi connectivity index (χ1n) is 8.61. The van der Waals surface area contributed by atoms with Gasteiger partial charge in [0.15, 0.2) is 0 Å². The average molecular weight is 341 g/mol. The lowest BCUT2D eigenvalue weighted by Gasteiger charge is -2.44. The monoisotopic (exact) mass is 341 g/mol. The van der Waals surface area contributed by atoms with Crippen LogP contribution in [0.4, 0.5) is 0 Å². The third-order valence-electron chi connectivity index (χ3n) is 5.52. The molecule has 2 rings (SSSR count). The van der Waals surface area contributed by atoms with Gasteiger partial charge in [-0.2, -0.15) is 0 Å². The molecule has 1 amide bonds. The molecule has 9 heteroatoms. The normalized spacial score (nSPS) is 30.5. The van der Waals surface area contributed by atoms with E-state index in [0.717, 1.165) is 0 Å². The molecule has 0 radical (unpaired) electrons. The number of amides is 1. The SMILES string of the molecule is CC(C)[C@H](N)C(=O)N1CC[C@@]2(C(=O)O)NCC1C2CCCB(O)O. The van der Waals surface area contributed by atoms with Gasteiger partial charge in [0.25, 0.3) is 0 Å². The van der Waals surface area contributed by atoms with Crippen LogP contribution in [-0.4, -0.2) is 69.8 Å². The second-order valence-corrected chi connectivity index (χ2v) is 7.29. The summed E-state index contributed by atoms with van der Waals surface area (Å²) < 4.78 is 0. The number of carbonyl (C=O) groups excluding carboxylic acids is 1. The van der Waals surface area contributed by atoms with Crippen LogP contribution in [0, 0.1) is 11.8 Å². The highest BCUT2D eigenvalue weighted by Crippen LogP contribution is 2.41. The maximum Gasteiger partial charge on any atom is 0.451 e. The van der Waals surface area contributed by atoms with Crippen LogP contribution in [0.5, 0.6) is 0 Å². The van der Waals surface area contributed by atoms with Gasteiger partial charge in [0, 0.05) is 25.0 Å². The standard InChI is InChI=1S/C15H28BN3O5/c1-9(2)12(17)13(20)19-7-5-15(14(21)22)10(11(19)8-18-15)4-3-6-16(23)24/h9-12,18,23-24H,3-8,17H2,1-2H3,(H,21,22)/t10?,11?,12-,15+/m0/s1. The molecule has 8 nitrogen and oxygen atoms in total. The molecule has 2 saturated heterocycles. The number of nitrogens with two attached hydrogens (primary N) is 1. The molecule has 2 fully saturated rings. The molecule has 2 unspecified atom stereocenters. The summed E-state index contributed by atoms with van der Waals surface area (Å²) in [5.41, 5.74) is 4.97. The highest BCUT2D eigenvalue weighted by Gasteiger charge is 2.58. The first kappa shape index (κ1) is 19.2. The quantitative estimate of drug-likeness (QED) is 0.370. The summed E-state index contributed by atoms with van der Waals surface area (Å²) in [6, 6.07) is -0.814. The van der Waals surface area contributed by atoms with Gasteiger partial charge < -0.3 is 25.8 Å². The van der Waals surface area contributed by atoms with Gasteiger partial charge >= 0.3 is 13.1 Å². The van der Waals surface area contributed by atoms with Crippen molar-refractivity contribution in [2.45, 2.75) is 57.1 Å². The fourth-order valence-corrected chi connectivity index (χ4v) is 4.00. The molecule has 2 bridgehead atoms. The summed E-state index contributed by atoms with van der Waals surface area (Å²) in [7, 11) is -1.40. The van der Waals surface area contributed by atoms with Crippen LogP contribution in [0.15, 0.2) is 0 Å². The number of likely N-dealkylation sites (tertiary alicyclic amines) is 1. The lowest BCUT2D eigenvalue weighted by Crippen LogP contribution is -2.62. The van der Waals surface area contributed by atoms with Crippen LogP contribution < -0.4 is 11.1 Å². The maximum absolute atomic E-state index is 12.7. The van der Waals surface area contributed by atoms with E-state index in [4.69, 9.17) is 15.8 Å². The number of hydrogen-bond acceptors (Lipinski definition) is 6. The Morgan fingerprint density at radius 3 is 2.62 bits per heavy atom. The number of nitrogens with one attached hydrogen (secondary N) is 1. The van der Waals surface area contributed by atoms with Gasteiger partial charge in [0.1, 0.15) is 5.54 Å². The summed E-state index contributed by atoms with van der Waals surface area (Å²) in [4.78, 5) is 26.3. The summed E-state index contributed by atoms with van der Waals surface area (Å²) in [5, 5.41) is 30.9. The third-order valence-corrected chi connectivity index (χ3v) is 5.52. The van der Waals surface area contributed by atoms with E-state index in [0.29, 0.717) is 32.4 Å². The van der Waals surface area contributed by atoms with Gasteiger partial charge in [0.05, 0.1) is 6.04 Å². The molecule has 2 heterocycles. The van der Waals surface area contributed by atoms with Crippen LogP contribution >= 0.6 is 0 Å².